The number of rotatable bonds is 8. The molecule has 0 aliphatic carbocycles. The average Bonchev–Trinajstić information content (AvgIpc) is 3.20. The van der Waals surface area contributed by atoms with Gasteiger partial charge >= 0.3 is 0 Å². The van der Waals surface area contributed by atoms with Crippen molar-refractivity contribution in [1.82, 2.24) is 16.0 Å². The van der Waals surface area contributed by atoms with Crippen molar-refractivity contribution in [3.8, 4) is 5.75 Å². The van der Waals surface area contributed by atoms with Crippen LogP contribution in [0.15, 0.2) is 23.2 Å². The van der Waals surface area contributed by atoms with Crippen LogP contribution in [-0.4, -0.2) is 52.3 Å². The molecule has 28 heavy (non-hydrogen) atoms. The first kappa shape index (κ1) is 22.0. The lowest BCUT2D eigenvalue weighted by molar-refractivity contribution is -0.128. The minimum Gasteiger partial charge on any atom is -0.493 e. The molecule has 1 fully saturated rings. The van der Waals surface area contributed by atoms with Crippen LogP contribution < -0.4 is 20.7 Å². The molecule has 0 spiro atoms. The molecule has 0 radical (unpaired) electrons. The molecular formula is C21H34N4O3. The predicted octanol–water partition coefficient (Wildman–Crippen LogP) is 1.85. The van der Waals surface area contributed by atoms with E-state index in [2.05, 4.69) is 46.1 Å². The molecule has 7 nitrogen and oxygen atoms in total. The van der Waals surface area contributed by atoms with Gasteiger partial charge in [0.1, 0.15) is 5.75 Å². The first-order chi connectivity index (χ1) is 13.4. The second-order valence-electron chi connectivity index (χ2n) is 7.89. The van der Waals surface area contributed by atoms with Gasteiger partial charge in [-0.3, -0.25) is 9.79 Å². The summed E-state index contributed by atoms with van der Waals surface area (Å²) in [6, 6.07) is 6.22. The van der Waals surface area contributed by atoms with Crippen LogP contribution >= 0.6 is 0 Å². The standard InChI is InChI=1S/C21H34N4O3/c1-15-6-7-17(18(10-15)28-13-16-8-9-27-12-16)11-24-20(23-5)25-14-21(2,3)19(26)22-4/h6-7,10,16H,8-9,11-14H2,1-5H3,(H,22,26)(H2,23,24,25). The number of benzene rings is 1. The Morgan fingerprint density at radius 1 is 1.36 bits per heavy atom. The van der Waals surface area contributed by atoms with E-state index in [4.69, 9.17) is 9.47 Å². The number of aryl methyl sites for hydroxylation is 1. The van der Waals surface area contributed by atoms with Gasteiger partial charge in [0, 0.05) is 45.3 Å². The number of amides is 1. The molecule has 2 rings (SSSR count). The third-order valence-electron chi connectivity index (χ3n) is 4.93. The molecule has 1 aromatic carbocycles. The summed E-state index contributed by atoms with van der Waals surface area (Å²) in [7, 11) is 3.36. The summed E-state index contributed by atoms with van der Waals surface area (Å²) in [6.45, 7) is 9.17. The molecule has 3 N–H and O–H groups in total. The molecule has 1 amide bonds. The molecule has 1 saturated heterocycles. The van der Waals surface area contributed by atoms with Crippen LogP contribution in [0.4, 0.5) is 0 Å². The van der Waals surface area contributed by atoms with Crippen LogP contribution in [0.1, 0.15) is 31.4 Å². The van der Waals surface area contributed by atoms with Crippen LogP contribution in [0, 0.1) is 18.3 Å². The lowest BCUT2D eigenvalue weighted by atomic mass is 9.92. The zero-order chi connectivity index (χ0) is 20.6. The monoisotopic (exact) mass is 390 g/mol. The third-order valence-corrected chi connectivity index (χ3v) is 4.93. The number of nitrogens with zero attached hydrogens (tertiary/aromatic N) is 1. The van der Waals surface area contributed by atoms with Crippen LogP contribution in [0.2, 0.25) is 0 Å². The lowest BCUT2D eigenvalue weighted by Crippen LogP contribution is -2.47. The summed E-state index contributed by atoms with van der Waals surface area (Å²) in [5.41, 5.74) is 1.70. The van der Waals surface area contributed by atoms with E-state index in [1.807, 2.05) is 13.8 Å². The number of hydrogen-bond acceptors (Lipinski definition) is 4. The molecule has 156 valence electrons. The molecule has 0 saturated carbocycles. The van der Waals surface area contributed by atoms with Crippen LogP contribution in [0.5, 0.6) is 5.75 Å². The van der Waals surface area contributed by atoms with E-state index >= 15 is 0 Å². The maximum Gasteiger partial charge on any atom is 0.227 e. The highest BCUT2D eigenvalue weighted by molar-refractivity contribution is 5.84. The van der Waals surface area contributed by atoms with Crippen molar-refractivity contribution in [3.05, 3.63) is 29.3 Å². The maximum atomic E-state index is 11.9. The second kappa shape index (κ2) is 10.3. The predicted molar refractivity (Wildman–Crippen MR) is 112 cm³/mol. The Balaban J connectivity index is 1.93. The smallest absolute Gasteiger partial charge is 0.227 e. The number of nitrogens with one attached hydrogen (secondary N) is 3. The van der Waals surface area contributed by atoms with E-state index in [9.17, 15) is 4.79 Å². The van der Waals surface area contributed by atoms with Gasteiger partial charge in [0.2, 0.25) is 5.91 Å². The Morgan fingerprint density at radius 2 is 2.14 bits per heavy atom. The van der Waals surface area contributed by atoms with E-state index in [0.29, 0.717) is 31.6 Å². The summed E-state index contributed by atoms with van der Waals surface area (Å²) in [5.74, 6) is 1.98. The lowest BCUT2D eigenvalue weighted by Gasteiger charge is -2.24. The largest absolute Gasteiger partial charge is 0.493 e. The van der Waals surface area contributed by atoms with Crippen molar-refractivity contribution >= 4 is 11.9 Å². The zero-order valence-electron chi connectivity index (χ0n) is 17.7. The Morgan fingerprint density at radius 3 is 2.79 bits per heavy atom. The van der Waals surface area contributed by atoms with Gasteiger partial charge in [-0.1, -0.05) is 12.1 Å². The van der Waals surface area contributed by atoms with Gasteiger partial charge in [-0.05, 0) is 38.8 Å². The average molecular weight is 391 g/mol. The summed E-state index contributed by atoms with van der Waals surface area (Å²) in [6.07, 6.45) is 1.05. The molecule has 1 aliphatic rings. The van der Waals surface area contributed by atoms with Crippen molar-refractivity contribution in [3.63, 3.8) is 0 Å². The van der Waals surface area contributed by atoms with E-state index in [1.165, 1.54) is 0 Å². The maximum absolute atomic E-state index is 11.9. The molecular weight excluding hydrogens is 356 g/mol. The summed E-state index contributed by atoms with van der Waals surface area (Å²) < 4.78 is 11.5. The van der Waals surface area contributed by atoms with Crippen LogP contribution in [0.25, 0.3) is 0 Å². The molecule has 1 heterocycles. The van der Waals surface area contributed by atoms with Crippen molar-refractivity contribution in [2.75, 3.05) is 40.5 Å². The number of carbonyl (C=O) groups is 1. The van der Waals surface area contributed by atoms with E-state index in [-0.39, 0.29) is 5.91 Å². The fourth-order valence-electron chi connectivity index (χ4n) is 2.99. The quantitative estimate of drug-likeness (QED) is 0.466. The molecule has 0 aromatic heterocycles. The van der Waals surface area contributed by atoms with Gasteiger partial charge in [-0.15, -0.1) is 0 Å². The Hall–Kier alpha value is -2.28. The highest BCUT2D eigenvalue weighted by Gasteiger charge is 2.26. The van der Waals surface area contributed by atoms with E-state index in [0.717, 1.165) is 36.5 Å². The van der Waals surface area contributed by atoms with Gasteiger partial charge in [0.15, 0.2) is 5.96 Å². The SMILES string of the molecule is CN=C(NCc1ccc(C)cc1OCC1CCOC1)NCC(C)(C)C(=O)NC. The van der Waals surface area contributed by atoms with E-state index in [1.54, 1.807) is 14.1 Å². The minimum absolute atomic E-state index is 0.0134. The fourth-order valence-corrected chi connectivity index (χ4v) is 2.99. The van der Waals surface area contributed by atoms with Crippen LogP contribution in [0.3, 0.4) is 0 Å². The summed E-state index contributed by atoms with van der Waals surface area (Å²) in [5, 5.41) is 9.22. The fraction of sp³-hybridized carbons (Fsp3) is 0.619. The zero-order valence-corrected chi connectivity index (χ0v) is 17.7. The van der Waals surface area contributed by atoms with Crippen LogP contribution in [-0.2, 0) is 16.1 Å². The van der Waals surface area contributed by atoms with Gasteiger partial charge < -0.3 is 25.4 Å². The summed E-state index contributed by atoms with van der Waals surface area (Å²) >= 11 is 0. The van der Waals surface area contributed by atoms with Crippen molar-refractivity contribution < 1.29 is 14.3 Å². The Bertz CT molecular complexity index is 682. The van der Waals surface area contributed by atoms with Gasteiger partial charge in [0.25, 0.3) is 0 Å². The number of guanidine groups is 1. The van der Waals surface area contributed by atoms with Gasteiger partial charge in [-0.25, -0.2) is 0 Å². The first-order valence-electron chi connectivity index (χ1n) is 9.82. The highest BCUT2D eigenvalue weighted by atomic mass is 16.5. The normalized spacial score (nSPS) is 17.3. The molecule has 1 aliphatic heterocycles. The molecule has 1 atom stereocenters. The number of carbonyl (C=O) groups excluding carboxylic acids is 1. The Labute approximate surface area is 168 Å². The molecule has 0 bridgehead atoms. The number of ether oxygens (including phenoxy) is 2. The van der Waals surface area contributed by atoms with Crippen molar-refractivity contribution in [1.29, 1.82) is 0 Å². The van der Waals surface area contributed by atoms with E-state index < -0.39 is 5.41 Å². The third kappa shape index (κ3) is 6.41. The Kier molecular flexibility index (Phi) is 8.11. The second-order valence-corrected chi connectivity index (χ2v) is 7.89. The number of aliphatic imine (C=N–C) groups is 1. The van der Waals surface area contributed by atoms with Crippen molar-refractivity contribution in [2.45, 2.75) is 33.7 Å². The van der Waals surface area contributed by atoms with Gasteiger partial charge in [-0.2, -0.15) is 0 Å². The van der Waals surface area contributed by atoms with Crippen molar-refractivity contribution in [2.24, 2.45) is 16.3 Å². The summed E-state index contributed by atoms with van der Waals surface area (Å²) in [4.78, 5) is 16.2. The minimum atomic E-state index is -0.534. The number of hydrogen-bond donors (Lipinski definition) is 3. The molecule has 1 aromatic rings. The molecule has 1 unspecified atom stereocenters. The highest BCUT2D eigenvalue weighted by Crippen LogP contribution is 2.22. The molecule has 7 heteroatoms. The van der Waals surface area contributed by atoms with Gasteiger partial charge in [0.05, 0.1) is 18.6 Å². The topological polar surface area (TPSA) is 84.0 Å². The first-order valence-corrected chi connectivity index (χ1v) is 9.82.